The summed E-state index contributed by atoms with van der Waals surface area (Å²) in [6.45, 7) is 5.68. The molecule has 4 heterocycles. The Bertz CT molecular complexity index is 1620. The predicted octanol–water partition coefficient (Wildman–Crippen LogP) is 10.1. The maximum atomic E-state index is 14.0. The molecule has 4 saturated heterocycles. The van der Waals surface area contributed by atoms with E-state index in [2.05, 4.69) is 6.58 Å². The van der Waals surface area contributed by atoms with Gasteiger partial charge in [0.05, 0.1) is 6.61 Å². The number of hydrogen-bond acceptors (Lipinski definition) is 14. The number of carbonyl (C=O) groups excluding carboxylic acids is 1. The van der Waals surface area contributed by atoms with Gasteiger partial charge in [0.15, 0.2) is 0 Å². The Morgan fingerprint density at radius 2 is 0.828 bits per heavy atom. The number of rotatable bonds is 12. The Balaban J connectivity index is 1.18. The van der Waals surface area contributed by atoms with E-state index in [9.17, 15) is 9.59 Å². The minimum atomic E-state index is -4.26. The normalized spacial score (nSPS) is 44.6. The lowest BCUT2D eigenvalue weighted by Crippen LogP contribution is -2.86. The highest BCUT2D eigenvalue weighted by Gasteiger charge is 2.83. The van der Waals surface area contributed by atoms with Gasteiger partial charge in [0.25, 0.3) is 0 Å². The average molecular weight is 1030 g/mol. The summed E-state index contributed by atoms with van der Waals surface area (Å²) in [5.41, 5.74) is 0.143. The molecule has 0 aromatic carbocycles. The zero-order valence-electron chi connectivity index (χ0n) is 38.5. The fourth-order valence-electron chi connectivity index (χ4n) is 13.9. The van der Waals surface area contributed by atoms with Gasteiger partial charge < -0.3 is 54.8 Å². The lowest BCUT2D eigenvalue weighted by Gasteiger charge is -2.63. The molecule has 1 N–H and O–H groups in total. The molecule has 0 radical (unpaired) electrons. The third kappa shape index (κ3) is 8.62. The van der Waals surface area contributed by atoms with Crippen LogP contribution in [0.4, 0.5) is 0 Å². The average Bonchev–Trinajstić information content (AvgIpc) is 4.13. The highest BCUT2D eigenvalue weighted by atomic mass is 28.6. The molecule has 7 saturated carbocycles. The molecule has 0 amide bonds. The van der Waals surface area contributed by atoms with Crippen molar-refractivity contribution in [1.29, 1.82) is 0 Å². The molecule has 14 nitrogen and oxygen atoms in total. The number of carbonyl (C=O) groups is 1. The highest BCUT2D eigenvalue weighted by molar-refractivity contribution is 7.01. The van der Waals surface area contributed by atoms with Crippen molar-refractivity contribution >= 4 is 76.9 Å². The largest absolute Gasteiger partial charge is 0.486 e. The van der Waals surface area contributed by atoms with Crippen LogP contribution < -0.4 is 0 Å². The molecule has 11 aliphatic rings. The van der Waals surface area contributed by atoms with Crippen molar-refractivity contribution < 1.29 is 59.6 Å². The summed E-state index contributed by atoms with van der Waals surface area (Å²) in [5, 5.41) is 0. The molecule has 4 aliphatic heterocycles. The van der Waals surface area contributed by atoms with Crippen molar-refractivity contribution in [2.75, 3.05) is 6.61 Å². The molecule has 4 atom stereocenters. The van der Waals surface area contributed by atoms with Crippen molar-refractivity contribution in [2.45, 2.75) is 238 Å². The van der Waals surface area contributed by atoms with E-state index in [1.54, 1.807) is 6.92 Å². The van der Waals surface area contributed by atoms with E-state index in [0.717, 1.165) is 180 Å². The second kappa shape index (κ2) is 18.6. The maximum absolute atomic E-state index is 14.0. The van der Waals surface area contributed by atoms with E-state index in [1.807, 2.05) is 0 Å². The van der Waals surface area contributed by atoms with Crippen molar-refractivity contribution in [3.8, 4) is 0 Å². The van der Waals surface area contributed by atoms with Crippen LogP contribution in [0, 0.1) is 0 Å². The van der Waals surface area contributed by atoms with Gasteiger partial charge in [-0.05, 0) is 109 Å². The molecule has 4 unspecified atom stereocenters. The summed E-state index contributed by atoms with van der Waals surface area (Å²) in [6, 6.07) is 0.348. The second-order valence-electron chi connectivity index (χ2n) is 21.8. The lowest BCUT2D eigenvalue weighted by atomic mass is 10.4. The third-order valence-corrected chi connectivity index (χ3v) is 54.6. The summed E-state index contributed by atoms with van der Waals surface area (Å²) in [5.74, 6) is -0.414. The van der Waals surface area contributed by atoms with Crippen LogP contribution in [0.5, 0.6) is 0 Å². The van der Waals surface area contributed by atoms with E-state index < -0.39 is 76.9 Å². The van der Waals surface area contributed by atoms with E-state index >= 15 is 0 Å². The van der Waals surface area contributed by atoms with Crippen LogP contribution in [0.3, 0.4) is 0 Å². The van der Waals surface area contributed by atoms with Crippen LogP contribution in [-0.2, 0) is 54.8 Å². The summed E-state index contributed by atoms with van der Waals surface area (Å²) in [6.07, 6.45) is 27.7. The Morgan fingerprint density at radius 1 is 0.500 bits per heavy atom. The first-order valence-electron chi connectivity index (χ1n) is 26.2. The summed E-state index contributed by atoms with van der Waals surface area (Å²) >= 11 is 0. The Kier molecular flexibility index (Phi) is 13.6. The predicted molar refractivity (Wildman–Crippen MR) is 252 cm³/mol. The first kappa shape index (κ1) is 46.8. The van der Waals surface area contributed by atoms with E-state index in [1.165, 1.54) is 0 Å². The molecule has 11 rings (SSSR count). The van der Waals surface area contributed by atoms with Gasteiger partial charge >= 0.3 is 76.9 Å². The van der Waals surface area contributed by atoms with Crippen LogP contribution in [0.2, 0.25) is 44.8 Å². The van der Waals surface area contributed by atoms with Gasteiger partial charge in [0.1, 0.15) is 0 Å². The van der Waals surface area contributed by atoms with Crippen molar-refractivity contribution in [2.24, 2.45) is 0 Å². The number of ether oxygens (including phenoxy) is 1. The molecular formula is C42H76O14Si8. The van der Waals surface area contributed by atoms with Gasteiger partial charge in [-0.2, -0.15) is 0 Å². The third-order valence-electron chi connectivity index (χ3n) is 17.3. The van der Waals surface area contributed by atoms with Crippen LogP contribution in [0.25, 0.3) is 0 Å². The molecule has 22 heteroatoms. The van der Waals surface area contributed by atoms with Crippen molar-refractivity contribution in [1.82, 2.24) is 0 Å². The fraction of sp³-hybridized carbons (Fsp3) is 0.929. The van der Waals surface area contributed by atoms with Gasteiger partial charge in [-0.3, -0.25) is 0 Å². The number of hydrogen-bond donors (Lipinski definition) is 1. The molecule has 360 valence electrons. The topological polar surface area (TPSA) is 148 Å². The molecule has 6 bridgehead atoms. The fourth-order valence-corrected chi connectivity index (χ4v) is 65.2. The van der Waals surface area contributed by atoms with E-state index in [-0.39, 0.29) is 45.4 Å². The molecule has 7 aliphatic carbocycles. The summed E-state index contributed by atoms with van der Waals surface area (Å²) in [4.78, 5) is 26.8. The minimum absolute atomic E-state index is 0.0311. The molecule has 0 spiro atoms. The SMILES string of the molecule is C=C(C)C(=O)OCCC[Si]12O[Si]3(C4CCCC4)O[SiH](C4CCCC4)O[Si](C4CCCC4)(O1)O[Si]1(C4CCCC4)O[Si](O)(C4CCCC4)O[Si](C4CCCC4)(O3)O[Si](C3CCCC3)(O2)O1. The van der Waals surface area contributed by atoms with Crippen molar-refractivity contribution in [3.63, 3.8) is 0 Å². The Hall–Kier alpha value is 0.465. The highest BCUT2D eigenvalue weighted by Crippen LogP contribution is 2.62. The van der Waals surface area contributed by atoms with Gasteiger partial charge in [-0.15, -0.1) is 0 Å². The summed E-state index contributed by atoms with van der Waals surface area (Å²) < 4.78 is 95.9. The van der Waals surface area contributed by atoms with Gasteiger partial charge in [0, 0.05) is 44.9 Å². The quantitative estimate of drug-likeness (QED) is 0.0856. The Labute approximate surface area is 391 Å². The van der Waals surface area contributed by atoms with Crippen LogP contribution in [-0.4, -0.2) is 88.3 Å². The molecular weight excluding hydrogens is 953 g/mol. The maximum Gasteiger partial charge on any atom is 0.486 e. The first-order valence-corrected chi connectivity index (χ1v) is 40.6. The molecule has 64 heavy (non-hydrogen) atoms. The standard InChI is InChI=1S/C42H76O14Si8/c1-34(2)42(43)45-32-17-33-58-48-60(37-22-7-8-23-37)46-57(35-18-3-4-19-35)47-61(49-58,38-24-9-10-25-38)54-64(41-30-15-16-31-41)52-59(44,36-20-5-6-21-36)51-63(53-60,40-28-13-14-29-40)55-62(50-58,56-64)39-26-11-12-27-39/h35-41,44,57H,1,3-33H2,2H3. The zero-order chi connectivity index (χ0) is 43.7. The number of fused-ring (bicyclic) bond motifs is 4. The zero-order valence-corrected chi connectivity index (χ0v) is 46.7. The molecule has 11 fully saturated rings. The van der Waals surface area contributed by atoms with E-state index in [0.29, 0.717) is 18.0 Å². The Morgan fingerprint density at radius 3 is 1.23 bits per heavy atom. The van der Waals surface area contributed by atoms with Gasteiger partial charge in [0.2, 0.25) is 0 Å². The minimum Gasteiger partial charge on any atom is -0.462 e. The smallest absolute Gasteiger partial charge is 0.462 e. The molecule has 0 aromatic rings. The van der Waals surface area contributed by atoms with Crippen LogP contribution in [0.15, 0.2) is 12.2 Å². The van der Waals surface area contributed by atoms with Gasteiger partial charge in [-0.25, -0.2) is 4.79 Å². The first-order chi connectivity index (χ1) is 31.0. The molecule has 0 aromatic heterocycles. The van der Waals surface area contributed by atoms with Gasteiger partial charge in [-0.1, -0.05) is 96.5 Å². The van der Waals surface area contributed by atoms with Crippen LogP contribution >= 0.6 is 0 Å². The number of esters is 1. The van der Waals surface area contributed by atoms with Crippen LogP contribution in [0.1, 0.15) is 193 Å². The van der Waals surface area contributed by atoms with E-state index in [4.69, 9.17) is 50.0 Å². The lowest BCUT2D eigenvalue weighted by molar-refractivity contribution is -0.139. The summed E-state index contributed by atoms with van der Waals surface area (Å²) in [7, 11) is -31.4. The second-order valence-corrected chi connectivity index (χ2v) is 46.8. The van der Waals surface area contributed by atoms with Crippen molar-refractivity contribution in [3.05, 3.63) is 12.2 Å². The monoisotopic (exact) mass is 1030 g/mol.